The summed E-state index contributed by atoms with van der Waals surface area (Å²) in [5.74, 6) is 0. The number of nitro benzene ring substituents is 1. The number of rotatable bonds is 4. The maximum absolute atomic E-state index is 13.1. The topological polar surface area (TPSA) is 105 Å². The first-order valence-corrected chi connectivity index (χ1v) is 9.23. The third-order valence-electron chi connectivity index (χ3n) is 4.25. The molecule has 0 radical (unpaired) electrons. The quantitative estimate of drug-likeness (QED) is 0.655. The van der Waals surface area contributed by atoms with E-state index in [1.165, 1.54) is 16.4 Å². The lowest BCUT2D eigenvalue weighted by Gasteiger charge is -2.35. The summed E-state index contributed by atoms with van der Waals surface area (Å²) in [6.07, 6.45) is 3.26. The molecule has 0 saturated carbocycles. The Balaban J connectivity index is 2.03. The molecule has 1 atom stereocenters. The molecule has 0 amide bonds. The number of hydrogen-bond acceptors (Lipinski definition) is 6. The molecule has 0 aliphatic carbocycles. The van der Waals surface area contributed by atoms with Crippen molar-refractivity contribution in [3.05, 3.63) is 64.0 Å². The van der Waals surface area contributed by atoms with Gasteiger partial charge in [0.25, 0.3) is 5.69 Å². The predicted molar refractivity (Wildman–Crippen MR) is 91.6 cm³/mol. The zero-order valence-electron chi connectivity index (χ0n) is 13.6. The van der Waals surface area contributed by atoms with E-state index >= 15 is 0 Å². The Hall–Kier alpha value is -2.36. The summed E-state index contributed by atoms with van der Waals surface area (Å²) in [6, 6.07) is 7.18. The highest BCUT2D eigenvalue weighted by Gasteiger charge is 2.35. The normalized spacial score (nSPS) is 18.8. The van der Waals surface area contributed by atoms with Crippen molar-refractivity contribution in [3.63, 3.8) is 0 Å². The van der Waals surface area contributed by atoms with E-state index < -0.39 is 21.0 Å². The lowest BCUT2D eigenvalue weighted by Crippen LogP contribution is -2.48. The number of nitro groups is 1. The highest BCUT2D eigenvalue weighted by Crippen LogP contribution is 2.30. The van der Waals surface area contributed by atoms with Gasteiger partial charge in [-0.05, 0) is 24.6 Å². The van der Waals surface area contributed by atoms with E-state index in [0.29, 0.717) is 18.7 Å². The Morgan fingerprint density at radius 2 is 2.16 bits per heavy atom. The standard InChI is InChI=1S/C16H18N4O4S/c1-12-4-5-14(9-15(12)20(21)22)25(23,24)19-8-7-18-11-16(19)13-3-2-6-17-10-13/h2-6,9-10,16,18H,7-8,11H2,1H3. The second-order valence-electron chi connectivity index (χ2n) is 5.83. The molecule has 1 saturated heterocycles. The van der Waals surface area contributed by atoms with Crippen molar-refractivity contribution in [3.8, 4) is 0 Å². The number of nitrogens with one attached hydrogen (secondary N) is 1. The summed E-state index contributed by atoms with van der Waals surface area (Å²) < 4.78 is 27.6. The van der Waals surface area contributed by atoms with Crippen LogP contribution in [0.3, 0.4) is 0 Å². The summed E-state index contributed by atoms with van der Waals surface area (Å²) in [5, 5.41) is 14.3. The fourth-order valence-electron chi connectivity index (χ4n) is 2.91. The Kier molecular flexibility index (Phi) is 4.80. The van der Waals surface area contributed by atoms with Crippen LogP contribution in [-0.2, 0) is 10.0 Å². The Labute approximate surface area is 145 Å². The molecular weight excluding hydrogens is 344 g/mol. The summed E-state index contributed by atoms with van der Waals surface area (Å²) in [5.41, 5.74) is 1.00. The minimum Gasteiger partial charge on any atom is -0.313 e. The van der Waals surface area contributed by atoms with E-state index in [1.807, 2.05) is 6.07 Å². The molecule has 1 fully saturated rings. The van der Waals surface area contributed by atoms with E-state index in [2.05, 4.69) is 10.3 Å². The van der Waals surface area contributed by atoms with Crippen LogP contribution in [-0.4, -0.2) is 42.3 Å². The van der Waals surface area contributed by atoms with Crippen LogP contribution in [0.2, 0.25) is 0 Å². The van der Waals surface area contributed by atoms with Crippen LogP contribution < -0.4 is 5.32 Å². The van der Waals surface area contributed by atoms with Crippen LogP contribution in [0.25, 0.3) is 0 Å². The fraction of sp³-hybridized carbons (Fsp3) is 0.312. The van der Waals surface area contributed by atoms with E-state index in [9.17, 15) is 18.5 Å². The average Bonchev–Trinajstić information content (AvgIpc) is 2.62. The van der Waals surface area contributed by atoms with E-state index in [0.717, 1.165) is 11.6 Å². The van der Waals surface area contributed by atoms with Crippen LogP contribution in [0.1, 0.15) is 17.2 Å². The van der Waals surface area contributed by atoms with Crippen molar-refractivity contribution in [2.75, 3.05) is 19.6 Å². The second-order valence-corrected chi connectivity index (χ2v) is 7.72. The minimum atomic E-state index is -3.87. The van der Waals surface area contributed by atoms with Gasteiger partial charge in [-0.15, -0.1) is 0 Å². The van der Waals surface area contributed by atoms with Gasteiger partial charge >= 0.3 is 0 Å². The number of aryl methyl sites for hydroxylation is 1. The molecule has 0 bridgehead atoms. The highest BCUT2D eigenvalue weighted by molar-refractivity contribution is 7.89. The first-order chi connectivity index (χ1) is 11.9. The highest BCUT2D eigenvalue weighted by atomic mass is 32.2. The minimum absolute atomic E-state index is 0.0689. The Bertz CT molecular complexity index is 886. The van der Waals surface area contributed by atoms with Crippen LogP contribution in [0.15, 0.2) is 47.6 Å². The molecular formula is C16H18N4O4S. The molecule has 0 spiro atoms. The third-order valence-corrected chi connectivity index (χ3v) is 6.15. The number of hydrogen-bond donors (Lipinski definition) is 1. The largest absolute Gasteiger partial charge is 0.313 e. The van der Waals surface area contributed by atoms with Crippen LogP contribution >= 0.6 is 0 Å². The monoisotopic (exact) mass is 362 g/mol. The second kappa shape index (κ2) is 6.87. The smallest absolute Gasteiger partial charge is 0.273 e. The van der Waals surface area contributed by atoms with Crippen molar-refractivity contribution >= 4 is 15.7 Å². The molecule has 9 heteroatoms. The molecule has 2 aromatic rings. The average molecular weight is 362 g/mol. The van der Waals surface area contributed by atoms with Crippen LogP contribution in [0, 0.1) is 17.0 Å². The molecule has 3 rings (SSSR count). The number of sulfonamides is 1. The van der Waals surface area contributed by atoms with E-state index in [1.54, 1.807) is 25.4 Å². The summed E-state index contributed by atoms with van der Waals surface area (Å²) in [4.78, 5) is 14.6. The maximum atomic E-state index is 13.1. The van der Waals surface area contributed by atoms with Crippen molar-refractivity contribution in [1.29, 1.82) is 0 Å². The van der Waals surface area contributed by atoms with Crippen LogP contribution in [0.4, 0.5) is 5.69 Å². The SMILES string of the molecule is Cc1ccc(S(=O)(=O)N2CCNCC2c2cccnc2)cc1[N+](=O)[O-]. The number of aromatic nitrogens is 1. The molecule has 1 aromatic heterocycles. The van der Waals surface area contributed by atoms with Crippen molar-refractivity contribution in [1.82, 2.24) is 14.6 Å². The first kappa shape index (κ1) is 17.5. The molecule has 1 N–H and O–H groups in total. The Morgan fingerprint density at radius 1 is 1.36 bits per heavy atom. The van der Waals surface area contributed by atoms with Gasteiger partial charge in [0.15, 0.2) is 0 Å². The molecule has 2 heterocycles. The number of benzene rings is 1. The van der Waals surface area contributed by atoms with Gasteiger partial charge in [0.05, 0.1) is 15.9 Å². The number of pyridine rings is 1. The zero-order valence-corrected chi connectivity index (χ0v) is 14.4. The maximum Gasteiger partial charge on any atom is 0.273 e. The van der Waals surface area contributed by atoms with E-state index in [4.69, 9.17) is 0 Å². The van der Waals surface area contributed by atoms with Crippen molar-refractivity contribution in [2.45, 2.75) is 17.9 Å². The predicted octanol–water partition coefficient (Wildman–Crippen LogP) is 1.63. The van der Waals surface area contributed by atoms with Gasteiger partial charge in [-0.1, -0.05) is 12.1 Å². The summed E-state index contributed by atoms with van der Waals surface area (Å²) >= 11 is 0. The van der Waals surface area contributed by atoms with Gasteiger partial charge in [0, 0.05) is 43.7 Å². The lowest BCUT2D eigenvalue weighted by atomic mass is 10.1. The molecule has 25 heavy (non-hydrogen) atoms. The first-order valence-electron chi connectivity index (χ1n) is 7.79. The Morgan fingerprint density at radius 3 is 2.84 bits per heavy atom. The van der Waals surface area contributed by atoms with Crippen molar-refractivity contribution < 1.29 is 13.3 Å². The van der Waals surface area contributed by atoms with Gasteiger partial charge in [0.2, 0.25) is 10.0 Å². The molecule has 8 nitrogen and oxygen atoms in total. The molecule has 132 valence electrons. The van der Waals surface area contributed by atoms with Gasteiger partial charge in [-0.2, -0.15) is 4.31 Å². The van der Waals surface area contributed by atoms with Crippen LogP contribution in [0.5, 0.6) is 0 Å². The zero-order chi connectivity index (χ0) is 18.0. The number of piperazine rings is 1. The van der Waals surface area contributed by atoms with Gasteiger partial charge in [-0.25, -0.2) is 8.42 Å². The van der Waals surface area contributed by atoms with Gasteiger partial charge in [-0.3, -0.25) is 15.1 Å². The summed E-state index contributed by atoms with van der Waals surface area (Å²) in [6.45, 7) is 2.84. The lowest BCUT2D eigenvalue weighted by molar-refractivity contribution is -0.385. The number of nitrogens with zero attached hydrogens (tertiary/aromatic N) is 3. The molecule has 1 aromatic carbocycles. The molecule has 1 aliphatic heterocycles. The fourth-order valence-corrected chi connectivity index (χ4v) is 4.55. The summed E-state index contributed by atoms with van der Waals surface area (Å²) in [7, 11) is -3.87. The molecule has 1 unspecified atom stereocenters. The van der Waals surface area contributed by atoms with Crippen molar-refractivity contribution in [2.24, 2.45) is 0 Å². The molecule has 1 aliphatic rings. The third kappa shape index (κ3) is 3.39. The van der Waals surface area contributed by atoms with Gasteiger partial charge in [0.1, 0.15) is 0 Å². The van der Waals surface area contributed by atoms with Gasteiger partial charge < -0.3 is 5.32 Å². The van der Waals surface area contributed by atoms with E-state index in [-0.39, 0.29) is 17.1 Å².